The highest BCUT2D eigenvalue weighted by Gasteiger charge is 2.36. The summed E-state index contributed by atoms with van der Waals surface area (Å²) in [6, 6.07) is 15.4. The fourth-order valence-electron chi connectivity index (χ4n) is 3.34. The number of amides is 2. The second-order valence-electron chi connectivity index (χ2n) is 8.62. The molecular formula is C24H31N3O2. The lowest BCUT2D eigenvalue weighted by Gasteiger charge is -2.32. The second kappa shape index (κ2) is 8.68. The molecule has 5 heteroatoms. The molecule has 5 nitrogen and oxygen atoms in total. The van der Waals surface area contributed by atoms with E-state index in [-0.39, 0.29) is 11.8 Å². The molecule has 0 unspecified atom stereocenters. The first-order valence-electron chi connectivity index (χ1n) is 10.3. The number of carbonyl (C=O) groups excluding carboxylic acids is 2. The summed E-state index contributed by atoms with van der Waals surface area (Å²) in [5.41, 5.74) is 2.46. The van der Waals surface area contributed by atoms with Crippen LogP contribution < -0.4 is 15.5 Å². The van der Waals surface area contributed by atoms with Crippen LogP contribution >= 0.6 is 0 Å². The molecule has 0 atom stereocenters. The van der Waals surface area contributed by atoms with Crippen LogP contribution in [0.5, 0.6) is 0 Å². The Balaban J connectivity index is 1.60. The molecule has 0 aromatic heterocycles. The van der Waals surface area contributed by atoms with Crippen molar-refractivity contribution in [2.45, 2.75) is 40.5 Å². The zero-order chi connectivity index (χ0) is 21.0. The van der Waals surface area contributed by atoms with Gasteiger partial charge in [0.1, 0.15) is 5.41 Å². The zero-order valence-electron chi connectivity index (χ0n) is 17.8. The summed E-state index contributed by atoms with van der Waals surface area (Å²) >= 11 is 0. The third-order valence-electron chi connectivity index (χ3n) is 5.72. The van der Waals surface area contributed by atoms with E-state index in [0.29, 0.717) is 11.4 Å². The maximum Gasteiger partial charge on any atom is 0.239 e. The number of nitrogens with one attached hydrogen (secondary N) is 2. The Morgan fingerprint density at radius 1 is 0.862 bits per heavy atom. The summed E-state index contributed by atoms with van der Waals surface area (Å²) in [6.45, 7) is 9.69. The van der Waals surface area contributed by atoms with Gasteiger partial charge in [0.25, 0.3) is 0 Å². The second-order valence-corrected chi connectivity index (χ2v) is 8.62. The molecule has 0 radical (unpaired) electrons. The summed E-state index contributed by atoms with van der Waals surface area (Å²) in [4.78, 5) is 27.8. The normalized spacial score (nSPS) is 15.1. The van der Waals surface area contributed by atoms with Gasteiger partial charge in [-0.05, 0) is 75.9 Å². The van der Waals surface area contributed by atoms with Crippen LogP contribution in [0.1, 0.15) is 39.2 Å². The summed E-state index contributed by atoms with van der Waals surface area (Å²) in [5.74, 6) is 0.123. The van der Waals surface area contributed by atoms with Gasteiger partial charge in [0, 0.05) is 30.2 Å². The van der Waals surface area contributed by atoms with E-state index in [4.69, 9.17) is 0 Å². The van der Waals surface area contributed by atoms with E-state index in [9.17, 15) is 9.59 Å². The number of piperidine rings is 1. The molecule has 0 bridgehead atoms. The van der Waals surface area contributed by atoms with Gasteiger partial charge >= 0.3 is 0 Å². The topological polar surface area (TPSA) is 61.4 Å². The van der Waals surface area contributed by atoms with Crippen LogP contribution in [0.2, 0.25) is 0 Å². The highest BCUT2D eigenvalue weighted by molar-refractivity contribution is 6.14. The fraction of sp³-hybridized carbons (Fsp3) is 0.417. The van der Waals surface area contributed by atoms with Crippen molar-refractivity contribution < 1.29 is 9.59 Å². The smallest absolute Gasteiger partial charge is 0.239 e. The first-order valence-corrected chi connectivity index (χ1v) is 10.3. The SMILES string of the molecule is Cc1ccc(NC(=O)C(C)(C)C(=O)Nc2ccc(N3CCC(C)CC3)cc2)cc1. The van der Waals surface area contributed by atoms with E-state index in [1.54, 1.807) is 13.8 Å². The molecule has 2 N–H and O–H groups in total. The first-order chi connectivity index (χ1) is 13.8. The maximum atomic E-state index is 12.8. The Morgan fingerprint density at radius 2 is 1.31 bits per heavy atom. The molecule has 1 fully saturated rings. The number of benzene rings is 2. The fourth-order valence-corrected chi connectivity index (χ4v) is 3.34. The summed E-state index contributed by atoms with van der Waals surface area (Å²) in [7, 11) is 0. The molecule has 0 aliphatic carbocycles. The van der Waals surface area contributed by atoms with Crippen molar-refractivity contribution in [2.75, 3.05) is 28.6 Å². The zero-order valence-corrected chi connectivity index (χ0v) is 17.8. The lowest BCUT2D eigenvalue weighted by atomic mass is 9.90. The van der Waals surface area contributed by atoms with Gasteiger partial charge in [-0.1, -0.05) is 24.6 Å². The van der Waals surface area contributed by atoms with Gasteiger partial charge in [0.15, 0.2) is 0 Å². The molecule has 0 saturated carbocycles. The Labute approximate surface area is 173 Å². The minimum atomic E-state index is -1.20. The Hall–Kier alpha value is -2.82. The molecule has 0 spiro atoms. The third-order valence-corrected chi connectivity index (χ3v) is 5.72. The number of carbonyl (C=O) groups is 2. The average Bonchev–Trinajstić information content (AvgIpc) is 2.71. The van der Waals surface area contributed by atoms with Crippen molar-refractivity contribution in [1.29, 1.82) is 0 Å². The van der Waals surface area contributed by atoms with Crippen molar-refractivity contribution in [3.8, 4) is 0 Å². The predicted molar refractivity (Wildman–Crippen MR) is 119 cm³/mol. The van der Waals surface area contributed by atoms with Gasteiger partial charge in [0.05, 0.1) is 0 Å². The number of nitrogens with zero attached hydrogens (tertiary/aromatic N) is 1. The van der Waals surface area contributed by atoms with Gasteiger partial charge in [-0.15, -0.1) is 0 Å². The minimum Gasteiger partial charge on any atom is -0.372 e. The number of hydrogen-bond donors (Lipinski definition) is 2. The predicted octanol–water partition coefficient (Wildman–Crippen LogP) is 4.83. The van der Waals surface area contributed by atoms with Crippen LogP contribution in [0.4, 0.5) is 17.1 Å². The van der Waals surface area contributed by atoms with Gasteiger partial charge < -0.3 is 15.5 Å². The molecule has 29 heavy (non-hydrogen) atoms. The van der Waals surface area contributed by atoms with Crippen LogP contribution in [0.25, 0.3) is 0 Å². The molecule has 154 valence electrons. The standard InChI is InChI=1S/C24H31N3O2/c1-17-5-7-19(8-6-17)25-22(28)24(3,4)23(29)26-20-9-11-21(12-10-20)27-15-13-18(2)14-16-27/h5-12,18H,13-16H2,1-4H3,(H,25,28)(H,26,29). The highest BCUT2D eigenvalue weighted by Crippen LogP contribution is 2.26. The molecule has 2 amide bonds. The minimum absolute atomic E-state index is 0.332. The van der Waals surface area contributed by atoms with Crippen molar-refractivity contribution in [3.63, 3.8) is 0 Å². The number of aryl methyl sites for hydroxylation is 1. The Morgan fingerprint density at radius 3 is 1.79 bits per heavy atom. The number of rotatable bonds is 5. The molecule has 1 aliphatic rings. The highest BCUT2D eigenvalue weighted by atomic mass is 16.2. The van der Waals surface area contributed by atoms with E-state index in [2.05, 4.69) is 22.5 Å². The first kappa shape index (κ1) is 20.9. The van der Waals surface area contributed by atoms with Crippen molar-refractivity contribution >= 4 is 28.9 Å². The summed E-state index contributed by atoms with van der Waals surface area (Å²) in [5, 5.41) is 5.70. The summed E-state index contributed by atoms with van der Waals surface area (Å²) in [6.07, 6.45) is 2.42. The van der Waals surface area contributed by atoms with Gasteiger partial charge in [0.2, 0.25) is 11.8 Å². The lowest BCUT2D eigenvalue weighted by molar-refractivity contribution is -0.135. The Bertz CT molecular complexity index is 849. The quantitative estimate of drug-likeness (QED) is 0.715. The van der Waals surface area contributed by atoms with E-state index < -0.39 is 5.41 Å². The van der Waals surface area contributed by atoms with Crippen LogP contribution in [0.15, 0.2) is 48.5 Å². The number of hydrogen-bond acceptors (Lipinski definition) is 3. The molecule has 1 aliphatic heterocycles. The lowest BCUT2D eigenvalue weighted by Crippen LogP contribution is -2.41. The number of anilines is 3. The van der Waals surface area contributed by atoms with Gasteiger partial charge in [-0.2, -0.15) is 0 Å². The monoisotopic (exact) mass is 393 g/mol. The van der Waals surface area contributed by atoms with Crippen molar-refractivity contribution in [1.82, 2.24) is 0 Å². The van der Waals surface area contributed by atoms with Crippen molar-refractivity contribution in [3.05, 3.63) is 54.1 Å². The van der Waals surface area contributed by atoms with E-state index >= 15 is 0 Å². The van der Waals surface area contributed by atoms with Gasteiger partial charge in [-0.25, -0.2) is 0 Å². The third kappa shape index (κ3) is 5.17. The largest absolute Gasteiger partial charge is 0.372 e. The molecule has 2 aromatic rings. The van der Waals surface area contributed by atoms with Crippen molar-refractivity contribution in [2.24, 2.45) is 11.3 Å². The van der Waals surface area contributed by atoms with E-state index in [1.807, 2.05) is 55.5 Å². The molecule has 3 rings (SSSR count). The molecule has 1 heterocycles. The van der Waals surface area contributed by atoms with Crippen LogP contribution in [-0.2, 0) is 9.59 Å². The Kier molecular flexibility index (Phi) is 6.26. The molecule has 2 aromatic carbocycles. The van der Waals surface area contributed by atoms with Crippen LogP contribution in [-0.4, -0.2) is 24.9 Å². The average molecular weight is 394 g/mol. The van der Waals surface area contributed by atoms with Gasteiger partial charge in [-0.3, -0.25) is 9.59 Å². The van der Waals surface area contributed by atoms with E-state index in [1.165, 1.54) is 18.5 Å². The maximum absolute atomic E-state index is 12.8. The molecular weight excluding hydrogens is 362 g/mol. The van der Waals surface area contributed by atoms with E-state index in [0.717, 1.165) is 24.6 Å². The summed E-state index contributed by atoms with van der Waals surface area (Å²) < 4.78 is 0. The molecule has 1 saturated heterocycles. The van der Waals surface area contributed by atoms with Crippen LogP contribution in [0, 0.1) is 18.3 Å². The van der Waals surface area contributed by atoms with Crippen LogP contribution in [0.3, 0.4) is 0 Å².